The van der Waals surface area contributed by atoms with Gasteiger partial charge in [-0.25, -0.2) is 13.8 Å². The molecule has 0 aliphatic heterocycles. The van der Waals surface area contributed by atoms with Crippen LogP contribution in [0.25, 0.3) is 22.4 Å². The summed E-state index contributed by atoms with van der Waals surface area (Å²) in [7, 11) is 0. The molecule has 0 atom stereocenters. The lowest BCUT2D eigenvalue weighted by molar-refractivity contribution is 0.627. The third-order valence-corrected chi connectivity index (χ3v) is 3.57. The highest BCUT2D eigenvalue weighted by molar-refractivity contribution is 6.30. The summed E-state index contributed by atoms with van der Waals surface area (Å²) in [5.74, 6) is -0.751. The van der Waals surface area contributed by atoms with Crippen LogP contribution in [0.5, 0.6) is 0 Å². The summed E-state index contributed by atoms with van der Waals surface area (Å²) < 4.78 is 26.2. The van der Waals surface area contributed by atoms with E-state index in [0.717, 1.165) is 0 Å². The average molecular weight is 327 g/mol. The molecule has 0 spiro atoms. The fourth-order valence-electron chi connectivity index (χ4n) is 2.30. The summed E-state index contributed by atoms with van der Waals surface area (Å²) >= 11 is 6.07. The van der Waals surface area contributed by atoms with Gasteiger partial charge < -0.3 is 0 Å². The minimum Gasteiger partial charge on any atom is -0.235 e. The minimum atomic E-state index is -0.381. The summed E-state index contributed by atoms with van der Waals surface area (Å²) in [5.41, 5.74) is 2.43. The van der Waals surface area contributed by atoms with Crippen molar-refractivity contribution in [3.8, 4) is 28.5 Å². The Hall–Kier alpha value is -2.77. The van der Waals surface area contributed by atoms with Crippen molar-refractivity contribution >= 4 is 11.6 Å². The molecule has 3 aromatic rings. The zero-order chi connectivity index (χ0) is 16.4. The smallest absolute Gasteiger partial charge is 0.130 e. The first-order valence-electron chi connectivity index (χ1n) is 6.71. The molecule has 0 unspecified atom stereocenters. The number of halogens is 3. The number of nitrogens with zero attached hydrogens (tertiary/aromatic N) is 2. The van der Waals surface area contributed by atoms with Crippen LogP contribution < -0.4 is 0 Å². The van der Waals surface area contributed by atoms with E-state index in [1.165, 1.54) is 36.4 Å². The van der Waals surface area contributed by atoms with E-state index in [0.29, 0.717) is 27.9 Å². The Morgan fingerprint density at radius 2 is 1.39 bits per heavy atom. The van der Waals surface area contributed by atoms with Gasteiger partial charge in [0, 0.05) is 11.1 Å². The molecule has 0 saturated heterocycles. The lowest BCUT2D eigenvalue weighted by Crippen LogP contribution is -1.95. The average Bonchev–Trinajstić information content (AvgIpc) is 2.55. The zero-order valence-corrected chi connectivity index (χ0v) is 12.5. The molecule has 1 aromatic heterocycles. The number of hydrogen-bond donors (Lipinski definition) is 0. The predicted molar refractivity (Wildman–Crippen MR) is 84.8 cm³/mol. The zero-order valence-electron chi connectivity index (χ0n) is 11.7. The van der Waals surface area contributed by atoms with Gasteiger partial charge in [0.2, 0.25) is 0 Å². The van der Waals surface area contributed by atoms with Crippen molar-refractivity contribution in [2.75, 3.05) is 0 Å². The van der Waals surface area contributed by atoms with Crippen molar-refractivity contribution in [1.82, 2.24) is 4.98 Å². The van der Waals surface area contributed by atoms with Crippen LogP contribution in [0.3, 0.4) is 0 Å². The molecule has 0 bridgehead atoms. The maximum atomic E-state index is 13.1. The second kappa shape index (κ2) is 6.15. The maximum absolute atomic E-state index is 13.1. The molecule has 112 valence electrons. The first-order valence-corrected chi connectivity index (χ1v) is 7.09. The predicted octanol–water partition coefficient (Wildman–Crippen LogP) is 5.22. The fraction of sp³-hybridized carbons (Fsp3) is 0. The van der Waals surface area contributed by atoms with Crippen LogP contribution in [0.4, 0.5) is 8.78 Å². The van der Waals surface area contributed by atoms with Crippen molar-refractivity contribution < 1.29 is 8.78 Å². The minimum absolute atomic E-state index is 0.197. The van der Waals surface area contributed by atoms with Gasteiger partial charge in [-0.3, -0.25) is 0 Å². The van der Waals surface area contributed by atoms with Crippen molar-refractivity contribution in [3.63, 3.8) is 0 Å². The monoisotopic (exact) mass is 326 g/mol. The Morgan fingerprint density at radius 1 is 0.870 bits per heavy atom. The van der Waals surface area contributed by atoms with E-state index >= 15 is 0 Å². The van der Waals surface area contributed by atoms with Gasteiger partial charge in [0.05, 0.1) is 11.3 Å². The molecule has 0 fully saturated rings. The van der Waals surface area contributed by atoms with Crippen LogP contribution in [-0.2, 0) is 0 Å². The van der Waals surface area contributed by atoms with Crippen molar-refractivity contribution in [3.05, 3.63) is 76.9 Å². The van der Waals surface area contributed by atoms with E-state index < -0.39 is 0 Å². The van der Waals surface area contributed by atoms with Gasteiger partial charge >= 0.3 is 0 Å². The number of rotatable bonds is 2. The molecule has 0 aliphatic carbocycles. The first kappa shape index (κ1) is 15.1. The Labute approximate surface area is 136 Å². The number of nitriles is 1. The molecular weight excluding hydrogens is 318 g/mol. The van der Waals surface area contributed by atoms with Gasteiger partial charge in [-0.2, -0.15) is 5.26 Å². The highest BCUT2D eigenvalue weighted by atomic mass is 35.5. The summed E-state index contributed by atoms with van der Waals surface area (Å²) in [6.07, 6.45) is 0. The molecule has 2 aromatic carbocycles. The molecule has 0 amide bonds. The largest absolute Gasteiger partial charge is 0.235 e. The molecule has 5 heteroatoms. The van der Waals surface area contributed by atoms with Gasteiger partial charge in [-0.05, 0) is 48.0 Å². The Kier molecular flexibility index (Phi) is 4.05. The molecule has 2 nitrogen and oxygen atoms in total. The van der Waals surface area contributed by atoms with Gasteiger partial charge in [-0.1, -0.05) is 23.7 Å². The van der Waals surface area contributed by atoms with Crippen molar-refractivity contribution in [2.45, 2.75) is 0 Å². The van der Waals surface area contributed by atoms with Gasteiger partial charge in [0.15, 0.2) is 0 Å². The molecule has 0 radical (unpaired) electrons. The highest BCUT2D eigenvalue weighted by Gasteiger charge is 2.15. The summed E-state index contributed by atoms with van der Waals surface area (Å²) in [6, 6.07) is 15.1. The van der Waals surface area contributed by atoms with E-state index in [4.69, 9.17) is 11.6 Å². The highest BCUT2D eigenvalue weighted by Crippen LogP contribution is 2.33. The van der Waals surface area contributed by atoms with Crippen LogP contribution in [0.2, 0.25) is 5.15 Å². The SMILES string of the molecule is N#Cc1c(-c2ccc(F)cc2)cc(Cl)nc1-c1ccc(F)cc1. The second-order valence-corrected chi connectivity index (χ2v) is 5.23. The topological polar surface area (TPSA) is 36.7 Å². The molecule has 1 heterocycles. The lowest BCUT2D eigenvalue weighted by atomic mass is 9.97. The van der Waals surface area contributed by atoms with Crippen LogP contribution in [0, 0.1) is 23.0 Å². The van der Waals surface area contributed by atoms with Crippen LogP contribution in [0.15, 0.2) is 54.6 Å². The van der Waals surface area contributed by atoms with Gasteiger partial charge in [0.25, 0.3) is 0 Å². The lowest BCUT2D eigenvalue weighted by Gasteiger charge is -2.10. The molecule has 23 heavy (non-hydrogen) atoms. The second-order valence-electron chi connectivity index (χ2n) is 4.84. The van der Waals surface area contributed by atoms with E-state index in [1.54, 1.807) is 18.2 Å². The maximum Gasteiger partial charge on any atom is 0.130 e. The van der Waals surface area contributed by atoms with Crippen LogP contribution in [0.1, 0.15) is 5.56 Å². The van der Waals surface area contributed by atoms with E-state index in [-0.39, 0.29) is 16.8 Å². The van der Waals surface area contributed by atoms with Crippen molar-refractivity contribution in [2.24, 2.45) is 0 Å². The molecular formula is C18H9ClF2N2. The van der Waals surface area contributed by atoms with E-state index in [9.17, 15) is 14.0 Å². The number of pyridine rings is 1. The molecule has 0 N–H and O–H groups in total. The van der Waals surface area contributed by atoms with E-state index in [1.807, 2.05) is 0 Å². The Balaban J connectivity index is 2.24. The van der Waals surface area contributed by atoms with Crippen molar-refractivity contribution in [1.29, 1.82) is 5.26 Å². The molecule has 0 saturated carbocycles. The molecule has 0 aliphatic rings. The third kappa shape index (κ3) is 3.05. The quantitative estimate of drug-likeness (QED) is 0.605. The number of aromatic nitrogens is 1. The van der Waals surface area contributed by atoms with Gasteiger partial charge in [0.1, 0.15) is 22.9 Å². The summed E-state index contributed by atoms with van der Waals surface area (Å²) in [5, 5.41) is 9.74. The first-order chi connectivity index (χ1) is 11.1. The van der Waals surface area contributed by atoms with E-state index in [2.05, 4.69) is 11.1 Å². The third-order valence-electron chi connectivity index (χ3n) is 3.37. The van der Waals surface area contributed by atoms with Crippen LogP contribution >= 0.6 is 11.6 Å². The number of hydrogen-bond acceptors (Lipinski definition) is 2. The molecule has 3 rings (SSSR count). The fourth-order valence-corrected chi connectivity index (χ4v) is 2.49. The van der Waals surface area contributed by atoms with Crippen LogP contribution in [-0.4, -0.2) is 4.98 Å². The summed E-state index contributed by atoms with van der Waals surface area (Å²) in [4.78, 5) is 4.19. The van der Waals surface area contributed by atoms with Gasteiger partial charge in [-0.15, -0.1) is 0 Å². The Bertz CT molecular complexity index is 831. The number of benzene rings is 2. The summed E-state index contributed by atoms with van der Waals surface area (Å²) in [6.45, 7) is 0. The standard InChI is InChI=1S/C18H9ClF2N2/c19-17-9-15(11-1-5-13(20)6-2-11)16(10-22)18(23-17)12-3-7-14(21)8-4-12/h1-9H. The Morgan fingerprint density at radius 3 is 1.91 bits per heavy atom. The normalized spacial score (nSPS) is 10.3.